The first-order chi connectivity index (χ1) is 8.85. The third-order valence-electron chi connectivity index (χ3n) is 2.91. The van der Waals surface area contributed by atoms with E-state index in [1.807, 2.05) is 54.3 Å². The first-order valence-electron chi connectivity index (χ1n) is 6.07. The van der Waals surface area contributed by atoms with Crippen molar-refractivity contribution in [1.82, 2.24) is 15.1 Å². The van der Waals surface area contributed by atoms with Gasteiger partial charge in [0, 0.05) is 12.6 Å². The number of para-hydroxylation sites is 1. The predicted octanol–water partition coefficient (Wildman–Crippen LogP) is 2.55. The molecule has 0 amide bonds. The summed E-state index contributed by atoms with van der Waals surface area (Å²) in [7, 11) is 1.93. The number of nitrogens with one attached hydrogen (secondary N) is 1. The smallest absolute Gasteiger partial charge is 0.0798 e. The highest BCUT2D eigenvalue weighted by atomic mass is 15.3. The van der Waals surface area contributed by atoms with Gasteiger partial charge in [0.1, 0.15) is 0 Å². The molecule has 2 aromatic rings. The van der Waals surface area contributed by atoms with Crippen LogP contribution in [-0.4, -0.2) is 16.8 Å². The van der Waals surface area contributed by atoms with Gasteiger partial charge in [0.15, 0.2) is 0 Å². The van der Waals surface area contributed by atoms with Crippen molar-refractivity contribution in [2.75, 3.05) is 7.05 Å². The van der Waals surface area contributed by atoms with Crippen molar-refractivity contribution in [3.63, 3.8) is 0 Å². The molecule has 0 spiro atoms. The summed E-state index contributed by atoms with van der Waals surface area (Å²) in [5.41, 5.74) is 2.09. The largest absolute Gasteiger partial charge is 0.312 e. The highest BCUT2D eigenvalue weighted by Gasteiger charge is 2.11. The first-order valence-corrected chi connectivity index (χ1v) is 6.07. The number of aromatic nitrogens is 2. The SMILES string of the molecule is C#CCCC(NC)c1ccn(-c2ccccc2)n1. The molecule has 3 nitrogen and oxygen atoms in total. The fraction of sp³-hybridized carbons (Fsp3) is 0.267. The zero-order valence-corrected chi connectivity index (χ0v) is 10.5. The molecular formula is C15H17N3. The summed E-state index contributed by atoms with van der Waals surface area (Å²) in [6.45, 7) is 0. The second kappa shape index (κ2) is 6.04. The average Bonchev–Trinajstić information content (AvgIpc) is 2.90. The zero-order chi connectivity index (χ0) is 12.8. The van der Waals surface area contributed by atoms with E-state index in [0.29, 0.717) is 0 Å². The molecule has 3 heteroatoms. The van der Waals surface area contributed by atoms with E-state index in [1.165, 1.54) is 0 Å². The van der Waals surface area contributed by atoms with E-state index in [4.69, 9.17) is 6.42 Å². The first kappa shape index (κ1) is 12.4. The number of rotatable bonds is 5. The molecule has 1 aromatic heterocycles. The Labute approximate surface area is 108 Å². The molecule has 18 heavy (non-hydrogen) atoms. The maximum absolute atomic E-state index is 5.30. The second-order valence-corrected chi connectivity index (χ2v) is 4.10. The molecule has 0 aliphatic heterocycles. The summed E-state index contributed by atoms with van der Waals surface area (Å²) >= 11 is 0. The van der Waals surface area contributed by atoms with E-state index in [-0.39, 0.29) is 6.04 Å². The van der Waals surface area contributed by atoms with Crippen molar-refractivity contribution >= 4 is 0 Å². The third-order valence-corrected chi connectivity index (χ3v) is 2.91. The van der Waals surface area contributed by atoms with Crippen LogP contribution in [-0.2, 0) is 0 Å². The molecule has 2 rings (SSSR count). The quantitative estimate of drug-likeness (QED) is 0.813. The molecule has 1 unspecified atom stereocenters. The molecule has 1 atom stereocenters. The fourth-order valence-electron chi connectivity index (χ4n) is 1.92. The molecule has 92 valence electrons. The molecule has 1 N–H and O–H groups in total. The second-order valence-electron chi connectivity index (χ2n) is 4.10. The van der Waals surface area contributed by atoms with Gasteiger partial charge >= 0.3 is 0 Å². The van der Waals surface area contributed by atoms with Gasteiger partial charge in [-0.15, -0.1) is 12.3 Å². The minimum absolute atomic E-state index is 0.214. The third kappa shape index (κ3) is 2.79. The number of terminal acetylenes is 1. The molecule has 1 heterocycles. The maximum Gasteiger partial charge on any atom is 0.0798 e. The van der Waals surface area contributed by atoms with Crippen LogP contribution in [0.1, 0.15) is 24.6 Å². The molecule has 0 radical (unpaired) electrons. The van der Waals surface area contributed by atoms with Gasteiger partial charge in [-0.3, -0.25) is 0 Å². The Morgan fingerprint density at radius 2 is 2.11 bits per heavy atom. The van der Waals surface area contributed by atoms with Crippen LogP contribution in [0, 0.1) is 12.3 Å². The Morgan fingerprint density at radius 3 is 2.78 bits per heavy atom. The summed E-state index contributed by atoms with van der Waals surface area (Å²) in [6, 6.07) is 12.3. The predicted molar refractivity (Wildman–Crippen MR) is 73.4 cm³/mol. The summed E-state index contributed by atoms with van der Waals surface area (Å²) in [4.78, 5) is 0. The topological polar surface area (TPSA) is 29.9 Å². The van der Waals surface area contributed by atoms with Crippen LogP contribution in [0.3, 0.4) is 0 Å². The van der Waals surface area contributed by atoms with Crippen LogP contribution in [0.4, 0.5) is 0 Å². The van der Waals surface area contributed by atoms with E-state index < -0.39 is 0 Å². The molecule has 0 saturated heterocycles. The number of nitrogens with zero attached hydrogens (tertiary/aromatic N) is 2. The maximum atomic E-state index is 5.30. The minimum atomic E-state index is 0.214. The molecular weight excluding hydrogens is 222 g/mol. The van der Waals surface area contributed by atoms with Crippen LogP contribution >= 0.6 is 0 Å². The molecule has 0 bridgehead atoms. The zero-order valence-electron chi connectivity index (χ0n) is 10.5. The number of hydrogen-bond acceptors (Lipinski definition) is 2. The Morgan fingerprint density at radius 1 is 1.33 bits per heavy atom. The van der Waals surface area contributed by atoms with Crippen molar-refractivity contribution in [1.29, 1.82) is 0 Å². The van der Waals surface area contributed by atoms with Gasteiger partial charge in [0.05, 0.1) is 17.4 Å². The molecule has 1 aromatic carbocycles. The van der Waals surface area contributed by atoms with Gasteiger partial charge < -0.3 is 5.32 Å². The van der Waals surface area contributed by atoms with Crippen molar-refractivity contribution in [3.8, 4) is 18.0 Å². The van der Waals surface area contributed by atoms with Crippen LogP contribution in [0.5, 0.6) is 0 Å². The lowest BCUT2D eigenvalue weighted by Crippen LogP contribution is -2.17. The van der Waals surface area contributed by atoms with E-state index in [0.717, 1.165) is 24.2 Å². The summed E-state index contributed by atoms with van der Waals surface area (Å²) < 4.78 is 1.88. The molecule has 0 saturated carbocycles. The minimum Gasteiger partial charge on any atom is -0.312 e. The highest BCUT2D eigenvalue weighted by molar-refractivity contribution is 5.30. The van der Waals surface area contributed by atoms with E-state index >= 15 is 0 Å². The van der Waals surface area contributed by atoms with Gasteiger partial charge in [-0.25, -0.2) is 4.68 Å². The lowest BCUT2D eigenvalue weighted by atomic mass is 10.1. The molecule has 0 aliphatic carbocycles. The van der Waals surface area contributed by atoms with E-state index in [1.54, 1.807) is 0 Å². The van der Waals surface area contributed by atoms with Crippen molar-refractivity contribution < 1.29 is 0 Å². The summed E-state index contributed by atoms with van der Waals surface area (Å²) in [5.74, 6) is 2.67. The van der Waals surface area contributed by atoms with Crippen LogP contribution < -0.4 is 5.32 Å². The highest BCUT2D eigenvalue weighted by Crippen LogP contribution is 2.17. The Balaban J connectivity index is 2.17. The van der Waals surface area contributed by atoms with Crippen LogP contribution in [0.25, 0.3) is 5.69 Å². The van der Waals surface area contributed by atoms with Crippen molar-refractivity contribution in [3.05, 3.63) is 48.3 Å². The van der Waals surface area contributed by atoms with Gasteiger partial charge in [-0.2, -0.15) is 5.10 Å². The number of benzene rings is 1. The number of hydrogen-bond donors (Lipinski definition) is 1. The summed E-state index contributed by atoms with van der Waals surface area (Å²) in [5, 5.41) is 7.84. The standard InChI is InChI=1S/C15H17N3/c1-3-4-10-14(16-2)15-11-12-18(17-15)13-8-6-5-7-9-13/h1,5-9,11-12,14,16H,4,10H2,2H3. The van der Waals surface area contributed by atoms with E-state index in [2.05, 4.69) is 16.3 Å². The average molecular weight is 239 g/mol. The Hall–Kier alpha value is -2.05. The normalized spacial score (nSPS) is 12.0. The fourth-order valence-corrected chi connectivity index (χ4v) is 1.92. The molecule has 0 fully saturated rings. The van der Waals surface area contributed by atoms with E-state index in [9.17, 15) is 0 Å². The Kier molecular flexibility index (Phi) is 4.16. The lowest BCUT2D eigenvalue weighted by Gasteiger charge is -2.11. The van der Waals surface area contributed by atoms with Crippen molar-refractivity contribution in [2.45, 2.75) is 18.9 Å². The Bertz CT molecular complexity index is 522. The van der Waals surface area contributed by atoms with Gasteiger partial charge in [-0.1, -0.05) is 18.2 Å². The monoisotopic (exact) mass is 239 g/mol. The van der Waals surface area contributed by atoms with Gasteiger partial charge in [-0.05, 0) is 31.7 Å². The van der Waals surface area contributed by atoms with Gasteiger partial charge in [0.2, 0.25) is 0 Å². The van der Waals surface area contributed by atoms with Crippen LogP contribution in [0.15, 0.2) is 42.6 Å². The summed E-state index contributed by atoms with van der Waals surface area (Å²) in [6.07, 6.45) is 8.93. The lowest BCUT2D eigenvalue weighted by molar-refractivity contribution is 0.539. The van der Waals surface area contributed by atoms with Crippen molar-refractivity contribution in [2.24, 2.45) is 0 Å². The van der Waals surface area contributed by atoms with Gasteiger partial charge in [0.25, 0.3) is 0 Å². The molecule has 0 aliphatic rings. The van der Waals surface area contributed by atoms with Crippen LogP contribution in [0.2, 0.25) is 0 Å².